The van der Waals surface area contributed by atoms with Gasteiger partial charge in [0.1, 0.15) is 11.5 Å². The average molecular weight is 380 g/mol. The van der Waals surface area contributed by atoms with Gasteiger partial charge in [-0.25, -0.2) is 0 Å². The largest absolute Gasteiger partial charge is 0.856 e. The molecule has 0 aliphatic heterocycles. The number of rotatable bonds is 5. The van der Waals surface area contributed by atoms with Gasteiger partial charge in [-0.05, 0) is 29.5 Å². The molecule has 0 amide bonds. The molecule has 0 spiro atoms. The SMILES string of the molecule is C[CH2][Al]([O]c1c(Cl)cccc1Cl)[O]c1c(Cl)cccc1Cl. The van der Waals surface area contributed by atoms with E-state index in [9.17, 15) is 0 Å². The minimum Gasteiger partial charge on any atom is -0.610 e. The van der Waals surface area contributed by atoms with E-state index in [1.54, 1.807) is 36.4 Å². The van der Waals surface area contributed by atoms with Gasteiger partial charge in [0, 0.05) is 0 Å². The maximum absolute atomic E-state index is 6.10. The smallest absolute Gasteiger partial charge is 0.610 e. The Hall–Kier alpha value is -0.268. The van der Waals surface area contributed by atoms with Crippen LogP contribution in [0.1, 0.15) is 6.92 Å². The van der Waals surface area contributed by atoms with Crippen LogP contribution in [0.4, 0.5) is 0 Å². The predicted molar refractivity (Wildman–Crippen MR) is 90.4 cm³/mol. The Labute approximate surface area is 148 Å². The molecule has 0 atom stereocenters. The lowest BCUT2D eigenvalue weighted by atomic mass is 10.3. The van der Waals surface area contributed by atoms with E-state index in [0.717, 1.165) is 0 Å². The van der Waals surface area contributed by atoms with E-state index in [1.165, 1.54) is 0 Å². The summed E-state index contributed by atoms with van der Waals surface area (Å²) in [6.45, 7) is 1.96. The lowest BCUT2D eigenvalue weighted by molar-refractivity contribution is 0.423. The molecular formula is C14H11AlCl4O2. The van der Waals surface area contributed by atoms with Crippen LogP contribution in [-0.4, -0.2) is 14.8 Å². The first-order chi connectivity index (χ1) is 10.0. The van der Waals surface area contributed by atoms with E-state index in [0.29, 0.717) is 36.9 Å². The van der Waals surface area contributed by atoms with Gasteiger partial charge in [0.05, 0.1) is 20.1 Å². The lowest BCUT2D eigenvalue weighted by Crippen LogP contribution is -2.29. The van der Waals surface area contributed by atoms with Crippen LogP contribution in [0, 0.1) is 0 Å². The molecule has 2 aromatic rings. The number of hydrogen-bond donors (Lipinski definition) is 0. The molecule has 0 radical (unpaired) electrons. The molecule has 0 aromatic heterocycles. The molecule has 2 rings (SSSR count). The van der Waals surface area contributed by atoms with E-state index < -0.39 is 14.8 Å². The molecule has 21 heavy (non-hydrogen) atoms. The van der Waals surface area contributed by atoms with Gasteiger partial charge in [0.25, 0.3) is 0 Å². The van der Waals surface area contributed by atoms with Crippen LogP contribution in [0.5, 0.6) is 11.5 Å². The molecule has 0 heterocycles. The molecule has 0 aliphatic rings. The van der Waals surface area contributed by atoms with Crippen LogP contribution in [0.3, 0.4) is 0 Å². The molecule has 110 valence electrons. The maximum atomic E-state index is 6.10. The number of hydrogen-bond acceptors (Lipinski definition) is 2. The Kier molecular flexibility index (Phi) is 6.38. The van der Waals surface area contributed by atoms with Gasteiger partial charge in [-0.2, -0.15) is 0 Å². The highest BCUT2D eigenvalue weighted by Gasteiger charge is 2.32. The highest BCUT2D eigenvalue weighted by molar-refractivity contribution is 6.48. The van der Waals surface area contributed by atoms with Crippen molar-refractivity contribution >= 4 is 61.2 Å². The van der Waals surface area contributed by atoms with Crippen LogP contribution >= 0.6 is 46.4 Å². The Morgan fingerprint density at radius 1 is 0.762 bits per heavy atom. The first-order valence-electron chi connectivity index (χ1n) is 6.24. The summed E-state index contributed by atoms with van der Waals surface area (Å²) in [6.07, 6.45) is 0. The average Bonchev–Trinajstić information content (AvgIpc) is 2.45. The van der Waals surface area contributed by atoms with Crippen molar-refractivity contribution in [1.29, 1.82) is 0 Å². The summed E-state index contributed by atoms with van der Waals surface area (Å²) in [7, 11) is 0. The predicted octanol–water partition coefficient (Wildman–Crippen LogP) is 6.27. The van der Waals surface area contributed by atoms with Crippen molar-refractivity contribution in [2.75, 3.05) is 0 Å². The van der Waals surface area contributed by atoms with Gasteiger partial charge in [-0.3, -0.25) is 0 Å². The van der Waals surface area contributed by atoms with Crippen LogP contribution < -0.4 is 7.58 Å². The van der Waals surface area contributed by atoms with Crippen molar-refractivity contribution in [3.63, 3.8) is 0 Å². The Morgan fingerprint density at radius 2 is 1.10 bits per heavy atom. The van der Waals surface area contributed by atoms with Crippen molar-refractivity contribution in [2.24, 2.45) is 0 Å². The van der Waals surface area contributed by atoms with Gasteiger partial charge < -0.3 is 7.58 Å². The molecule has 0 N–H and O–H groups in total. The molecule has 2 nitrogen and oxygen atoms in total. The lowest BCUT2D eigenvalue weighted by Gasteiger charge is -2.18. The van der Waals surface area contributed by atoms with Gasteiger partial charge in [-0.15, -0.1) is 0 Å². The number of benzene rings is 2. The second-order valence-corrected chi connectivity index (χ2v) is 7.95. The van der Waals surface area contributed by atoms with E-state index in [-0.39, 0.29) is 0 Å². The first kappa shape index (κ1) is 17.1. The molecule has 0 bridgehead atoms. The number of para-hydroxylation sites is 2. The normalized spacial score (nSPS) is 10.3. The first-order valence-corrected chi connectivity index (χ1v) is 9.51. The van der Waals surface area contributed by atoms with Crippen molar-refractivity contribution in [2.45, 2.75) is 12.2 Å². The van der Waals surface area contributed by atoms with Gasteiger partial charge >= 0.3 is 14.8 Å². The van der Waals surface area contributed by atoms with Crippen LogP contribution in [0.15, 0.2) is 36.4 Å². The topological polar surface area (TPSA) is 18.5 Å². The van der Waals surface area contributed by atoms with Crippen LogP contribution in [-0.2, 0) is 0 Å². The zero-order valence-electron chi connectivity index (χ0n) is 11.1. The van der Waals surface area contributed by atoms with Crippen LogP contribution in [0.25, 0.3) is 0 Å². The van der Waals surface area contributed by atoms with Gasteiger partial charge in [0.2, 0.25) is 0 Å². The zero-order valence-corrected chi connectivity index (χ0v) is 15.3. The summed E-state index contributed by atoms with van der Waals surface area (Å²) in [5.74, 6) is 0.866. The molecule has 0 aliphatic carbocycles. The summed E-state index contributed by atoms with van der Waals surface area (Å²) in [4.78, 5) is 0. The monoisotopic (exact) mass is 378 g/mol. The Morgan fingerprint density at radius 3 is 1.38 bits per heavy atom. The fourth-order valence-corrected chi connectivity index (χ4v) is 4.33. The second-order valence-electron chi connectivity index (χ2n) is 4.18. The summed E-state index contributed by atoms with van der Waals surface area (Å²) in [6, 6.07) is 10.4. The maximum Gasteiger partial charge on any atom is 0.856 e. The van der Waals surface area contributed by atoms with Crippen LogP contribution in [0.2, 0.25) is 25.4 Å². The minimum absolute atomic E-state index is 0.433. The third kappa shape index (κ3) is 4.36. The summed E-state index contributed by atoms with van der Waals surface area (Å²) >= 11 is 22.3. The Balaban J connectivity index is 2.21. The van der Waals surface area contributed by atoms with Gasteiger partial charge in [0.15, 0.2) is 0 Å². The highest BCUT2D eigenvalue weighted by atomic mass is 35.5. The van der Waals surface area contributed by atoms with Crippen molar-refractivity contribution < 1.29 is 7.58 Å². The zero-order chi connectivity index (χ0) is 15.4. The van der Waals surface area contributed by atoms with Gasteiger partial charge in [-0.1, -0.05) is 65.5 Å². The van der Waals surface area contributed by atoms with E-state index >= 15 is 0 Å². The molecule has 0 saturated heterocycles. The highest BCUT2D eigenvalue weighted by Crippen LogP contribution is 2.36. The third-order valence-corrected chi connectivity index (χ3v) is 5.52. The second kappa shape index (κ2) is 7.83. The van der Waals surface area contributed by atoms with Crippen molar-refractivity contribution in [3.05, 3.63) is 56.5 Å². The summed E-state index contributed by atoms with van der Waals surface area (Å²) in [5.41, 5.74) is 0. The van der Waals surface area contributed by atoms with E-state index in [2.05, 4.69) is 0 Å². The number of halogens is 4. The van der Waals surface area contributed by atoms with Crippen molar-refractivity contribution in [1.82, 2.24) is 0 Å². The quantitative estimate of drug-likeness (QED) is 0.570. The molecule has 2 aromatic carbocycles. The standard InChI is InChI=1S/2C6H4Cl2O.C2H5.Al/c2*7-4-2-1-3-5(8)6(4)9;1-2;/h2*1-3,9H;1H2,2H3;/q;;;+2/p-2. The fourth-order valence-electron chi connectivity index (χ4n) is 1.64. The molecular weight excluding hydrogens is 369 g/mol. The fraction of sp³-hybridized carbons (Fsp3) is 0.143. The minimum atomic E-state index is -2.12. The third-order valence-electron chi connectivity index (χ3n) is 2.67. The van der Waals surface area contributed by atoms with E-state index in [1.807, 2.05) is 6.92 Å². The summed E-state index contributed by atoms with van der Waals surface area (Å²) < 4.78 is 11.7. The van der Waals surface area contributed by atoms with E-state index in [4.69, 9.17) is 54.0 Å². The molecule has 0 unspecified atom stereocenters. The Bertz CT molecular complexity index is 542. The van der Waals surface area contributed by atoms with Crippen molar-refractivity contribution in [3.8, 4) is 11.5 Å². The summed E-state index contributed by atoms with van der Waals surface area (Å²) in [5, 5.41) is 2.48. The molecule has 0 fully saturated rings. The molecule has 0 saturated carbocycles. The molecule has 7 heteroatoms.